The number of fused-ring (bicyclic) bond motifs is 1. The van der Waals surface area contributed by atoms with Gasteiger partial charge in [0.2, 0.25) is 0 Å². The Kier molecular flexibility index (Phi) is 5.16. The molecule has 0 radical (unpaired) electrons. The normalized spacial score (nSPS) is 24.4. The first-order valence-electron chi connectivity index (χ1n) is 10.1. The summed E-state index contributed by atoms with van der Waals surface area (Å²) in [6.07, 6.45) is 4.84. The van der Waals surface area contributed by atoms with Gasteiger partial charge in [-0.3, -0.25) is 4.90 Å². The first kappa shape index (κ1) is 18.9. The maximum absolute atomic E-state index is 6.72. The minimum Gasteiger partial charge on any atom is -0.483 e. The quantitative estimate of drug-likeness (QED) is 0.626. The fourth-order valence-corrected chi connectivity index (χ4v) is 4.99. The molecule has 0 amide bonds. The molecule has 150 valence electrons. The van der Waals surface area contributed by atoms with E-state index in [1.165, 1.54) is 11.1 Å². The summed E-state index contributed by atoms with van der Waals surface area (Å²) in [6.45, 7) is 2.00. The van der Waals surface area contributed by atoms with Gasteiger partial charge in [-0.15, -0.1) is 0 Å². The summed E-state index contributed by atoms with van der Waals surface area (Å²) in [5, 5.41) is 3.87. The molecule has 0 spiro atoms. The van der Waals surface area contributed by atoms with E-state index in [1.54, 1.807) is 6.20 Å². The van der Waals surface area contributed by atoms with E-state index in [0.29, 0.717) is 5.76 Å². The van der Waals surface area contributed by atoms with Crippen LogP contribution in [0.2, 0.25) is 0 Å². The second kappa shape index (κ2) is 7.94. The number of nitrogens with zero attached hydrogens (tertiary/aromatic N) is 2. The van der Waals surface area contributed by atoms with Crippen molar-refractivity contribution in [2.24, 2.45) is 5.73 Å². The van der Waals surface area contributed by atoms with Gasteiger partial charge in [-0.2, -0.15) is 0 Å². The van der Waals surface area contributed by atoms with Crippen molar-refractivity contribution in [3.05, 3.63) is 70.3 Å². The Bertz CT molecular complexity index is 992. The van der Waals surface area contributed by atoms with E-state index in [2.05, 4.69) is 50.3 Å². The molecule has 1 fully saturated rings. The second-order valence-corrected chi connectivity index (χ2v) is 8.84. The molecule has 0 saturated carbocycles. The van der Waals surface area contributed by atoms with Crippen molar-refractivity contribution < 1.29 is 9.26 Å². The molecule has 2 heterocycles. The highest BCUT2D eigenvalue weighted by Crippen LogP contribution is 2.42. The molecule has 5 rings (SSSR count). The standard InChI is InChI=1S/C23H24BrN3O2/c24-16-7-8-21(19(13-16)22-9-10-26-29-22)28-23-18-6-2-1-4-15(18)12-20(23)27-11-3-5-17(25)14-27/h1-2,4,6-10,13,17,20,23H,3,5,11-12,14,25H2/t17-,20-,23-/m1/s1. The summed E-state index contributed by atoms with van der Waals surface area (Å²) in [7, 11) is 0. The maximum Gasteiger partial charge on any atom is 0.170 e. The number of nitrogens with two attached hydrogens (primary N) is 1. The lowest BCUT2D eigenvalue weighted by atomic mass is 10.0. The Morgan fingerprint density at radius 2 is 2.07 bits per heavy atom. The van der Waals surface area contributed by atoms with Gasteiger partial charge in [0, 0.05) is 23.1 Å². The van der Waals surface area contributed by atoms with Gasteiger partial charge in [0.15, 0.2) is 5.76 Å². The highest BCUT2D eigenvalue weighted by molar-refractivity contribution is 9.10. The predicted octanol–water partition coefficient (Wildman–Crippen LogP) is 4.57. The van der Waals surface area contributed by atoms with Crippen LogP contribution < -0.4 is 10.5 Å². The van der Waals surface area contributed by atoms with E-state index in [9.17, 15) is 0 Å². The second-order valence-electron chi connectivity index (χ2n) is 7.92. The number of likely N-dealkylation sites (tertiary alicyclic amines) is 1. The lowest BCUT2D eigenvalue weighted by Gasteiger charge is -2.38. The molecular formula is C23H24BrN3O2. The van der Waals surface area contributed by atoms with E-state index in [4.69, 9.17) is 15.0 Å². The van der Waals surface area contributed by atoms with Crippen molar-refractivity contribution in [3.63, 3.8) is 0 Å². The molecule has 29 heavy (non-hydrogen) atoms. The number of rotatable bonds is 4. The Balaban J connectivity index is 1.51. The van der Waals surface area contributed by atoms with E-state index in [0.717, 1.165) is 48.1 Å². The van der Waals surface area contributed by atoms with Crippen molar-refractivity contribution in [2.45, 2.75) is 37.5 Å². The highest BCUT2D eigenvalue weighted by Gasteiger charge is 2.39. The molecule has 5 nitrogen and oxygen atoms in total. The predicted molar refractivity (Wildman–Crippen MR) is 116 cm³/mol. The molecule has 2 N–H and O–H groups in total. The van der Waals surface area contributed by atoms with Crippen LogP contribution in [0.5, 0.6) is 5.75 Å². The van der Waals surface area contributed by atoms with Crippen LogP contribution in [-0.4, -0.2) is 35.2 Å². The molecule has 0 bridgehead atoms. The molecule has 1 aliphatic heterocycles. The minimum atomic E-state index is -0.0423. The fourth-order valence-electron chi connectivity index (χ4n) is 4.63. The molecule has 1 aromatic heterocycles. The molecule has 2 aromatic carbocycles. The van der Waals surface area contributed by atoms with Crippen LogP contribution >= 0.6 is 15.9 Å². The molecule has 2 aliphatic rings. The number of hydrogen-bond donors (Lipinski definition) is 1. The van der Waals surface area contributed by atoms with Crippen LogP contribution in [0.25, 0.3) is 11.3 Å². The Hall–Kier alpha value is -2.15. The molecule has 3 aromatic rings. The zero-order valence-corrected chi connectivity index (χ0v) is 17.7. The van der Waals surface area contributed by atoms with Crippen LogP contribution in [0.3, 0.4) is 0 Å². The summed E-state index contributed by atoms with van der Waals surface area (Å²) in [5.41, 5.74) is 9.82. The van der Waals surface area contributed by atoms with Crippen molar-refractivity contribution in [1.82, 2.24) is 10.1 Å². The van der Waals surface area contributed by atoms with Gasteiger partial charge in [0.05, 0.1) is 17.8 Å². The number of ether oxygens (including phenoxy) is 1. The SMILES string of the molecule is N[C@@H]1CCCN([C@@H]2Cc3ccccc3[C@H]2Oc2ccc(Br)cc2-c2ccno2)C1. The van der Waals surface area contributed by atoms with E-state index < -0.39 is 0 Å². The van der Waals surface area contributed by atoms with Crippen molar-refractivity contribution >= 4 is 15.9 Å². The third-order valence-electron chi connectivity index (χ3n) is 6.00. The van der Waals surface area contributed by atoms with Crippen LogP contribution in [-0.2, 0) is 6.42 Å². The highest BCUT2D eigenvalue weighted by atomic mass is 79.9. The van der Waals surface area contributed by atoms with E-state index >= 15 is 0 Å². The molecular weight excluding hydrogens is 430 g/mol. The lowest BCUT2D eigenvalue weighted by molar-refractivity contribution is 0.0595. The van der Waals surface area contributed by atoms with Crippen LogP contribution in [0.15, 0.2) is 63.7 Å². The van der Waals surface area contributed by atoms with E-state index in [-0.39, 0.29) is 18.2 Å². The van der Waals surface area contributed by atoms with Gasteiger partial charge in [-0.1, -0.05) is 45.4 Å². The lowest BCUT2D eigenvalue weighted by Crippen LogP contribution is -2.49. The first-order valence-corrected chi connectivity index (χ1v) is 10.9. The van der Waals surface area contributed by atoms with Crippen LogP contribution in [0, 0.1) is 0 Å². The Labute approximate surface area is 178 Å². The van der Waals surface area contributed by atoms with Crippen molar-refractivity contribution in [3.8, 4) is 17.1 Å². The molecule has 3 atom stereocenters. The zero-order chi connectivity index (χ0) is 19.8. The van der Waals surface area contributed by atoms with Crippen LogP contribution in [0.4, 0.5) is 0 Å². The zero-order valence-electron chi connectivity index (χ0n) is 16.1. The number of halogens is 1. The summed E-state index contributed by atoms with van der Waals surface area (Å²) in [4.78, 5) is 2.52. The molecule has 0 unspecified atom stereocenters. The molecule has 1 aliphatic carbocycles. The Morgan fingerprint density at radius 3 is 2.90 bits per heavy atom. The number of piperidine rings is 1. The monoisotopic (exact) mass is 453 g/mol. The Morgan fingerprint density at radius 1 is 1.17 bits per heavy atom. The van der Waals surface area contributed by atoms with Gasteiger partial charge in [0.1, 0.15) is 11.9 Å². The largest absolute Gasteiger partial charge is 0.483 e. The van der Waals surface area contributed by atoms with Gasteiger partial charge in [0.25, 0.3) is 0 Å². The first-order chi connectivity index (χ1) is 14.2. The van der Waals surface area contributed by atoms with Crippen molar-refractivity contribution in [1.29, 1.82) is 0 Å². The average molecular weight is 454 g/mol. The third-order valence-corrected chi connectivity index (χ3v) is 6.49. The van der Waals surface area contributed by atoms with E-state index in [1.807, 2.05) is 24.3 Å². The van der Waals surface area contributed by atoms with Gasteiger partial charge in [-0.25, -0.2) is 0 Å². The maximum atomic E-state index is 6.72. The summed E-state index contributed by atoms with van der Waals surface area (Å²) in [5.74, 6) is 1.50. The summed E-state index contributed by atoms with van der Waals surface area (Å²) >= 11 is 3.56. The number of benzene rings is 2. The van der Waals surface area contributed by atoms with Gasteiger partial charge >= 0.3 is 0 Å². The van der Waals surface area contributed by atoms with Crippen LogP contribution in [0.1, 0.15) is 30.1 Å². The summed E-state index contributed by atoms with van der Waals surface area (Å²) < 4.78 is 13.1. The number of aromatic nitrogens is 1. The molecule has 1 saturated heterocycles. The van der Waals surface area contributed by atoms with Gasteiger partial charge < -0.3 is 15.0 Å². The topological polar surface area (TPSA) is 64.5 Å². The summed E-state index contributed by atoms with van der Waals surface area (Å²) in [6, 6.07) is 17.0. The fraction of sp³-hybridized carbons (Fsp3) is 0.348. The smallest absolute Gasteiger partial charge is 0.170 e. The molecule has 6 heteroatoms. The minimum absolute atomic E-state index is 0.0423. The number of hydrogen-bond acceptors (Lipinski definition) is 5. The van der Waals surface area contributed by atoms with Crippen molar-refractivity contribution in [2.75, 3.05) is 13.1 Å². The van der Waals surface area contributed by atoms with Gasteiger partial charge in [-0.05, 0) is 55.1 Å². The third kappa shape index (κ3) is 3.72. The average Bonchev–Trinajstić information content (AvgIpc) is 3.38.